The smallest absolute Gasteiger partial charge is 0.307 e. The molecule has 0 aliphatic carbocycles. The van der Waals surface area contributed by atoms with Crippen LogP contribution < -0.4 is 0 Å². The van der Waals surface area contributed by atoms with Crippen LogP contribution in [0, 0.1) is 17.8 Å². The summed E-state index contributed by atoms with van der Waals surface area (Å²) < 4.78 is 11.2. The zero-order valence-electron chi connectivity index (χ0n) is 15.6. The van der Waals surface area contributed by atoms with E-state index in [1.54, 1.807) is 7.11 Å². The third-order valence-electron chi connectivity index (χ3n) is 5.28. The molecule has 5 heteroatoms. The van der Waals surface area contributed by atoms with Gasteiger partial charge in [0.2, 0.25) is 0 Å². The van der Waals surface area contributed by atoms with Crippen molar-refractivity contribution in [3.8, 4) is 0 Å². The Labute approximate surface area is 152 Å². The van der Waals surface area contributed by atoms with Crippen LogP contribution in [0.2, 0.25) is 0 Å². The topological polar surface area (TPSA) is 55.8 Å². The number of allylic oxidation sites excluding steroid dienone is 2. The van der Waals surface area contributed by atoms with E-state index in [1.165, 1.54) is 0 Å². The van der Waals surface area contributed by atoms with Gasteiger partial charge in [0.25, 0.3) is 0 Å². The molecular formula is C19H34O4S. The highest BCUT2D eigenvalue weighted by molar-refractivity contribution is 7.81. The Morgan fingerprint density at radius 1 is 1.46 bits per heavy atom. The van der Waals surface area contributed by atoms with Crippen LogP contribution in [0.3, 0.4) is 0 Å². The molecule has 1 fully saturated rings. The number of cyclic esters (lactones) is 1. The Hall–Kier alpha value is -0.520. The fourth-order valence-corrected chi connectivity index (χ4v) is 4.31. The summed E-state index contributed by atoms with van der Waals surface area (Å²) in [5.74, 6) is 0.250. The molecular weight excluding hydrogens is 324 g/mol. The van der Waals surface area contributed by atoms with Gasteiger partial charge in [-0.05, 0) is 25.7 Å². The van der Waals surface area contributed by atoms with Gasteiger partial charge in [0, 0.05) is 30.6 Å². The molecule has 0 spiro atoms. The monoisotopic (exact) mass is 358 g/mol. The predicted molar refractivity (Wildman–Crippen MR) is 100 cm³/mol. The molecule has 1 heterocycles. The van der Waals surface area contributed by atoms with Crippen LogP contribution >= 0.6 is 12.6 Å². The number of rotatable bonds is 9. The fourth-order valence-electron chi connectivity index (χ4n) is 3.75. The van der Waals surface area contributed by atoms with Gasteiger partial charge in [-0.3, -0.25) is 4.79 Å². The van der Waals surface area contributed by atoms with E-state index in [-0.39, 0.29) is 35.3 Å². The van der Waals surface area contributed by atoms with Crippen molar-refractivity contribution in [1.29, 1.82) is 0 Å². The summed E-state index contributed by atoms with van der Waals surface area (Å²) >= 11 is 4.54. The molecule has 1 aliphatic rings. The zero-order valence-corrected chi connectivity index (χ0v) is 16.5. The second-order valence-corrected chi connectivity index (χ2v) is 7.68. The predicted octanol–water partition coefficient (Wildman–Crippen LogP) is 3.63. The number of methoxy groups -OCH3 is 1. The third-order valence-corrected chi connectivity index (χ3v) is 5.84. The van der Waals surface area contributed by atoms with E-state index >= 15 is 0 Å². The Balaban J connectivity index is 2.72. The highest BCUT2D eigenvalue weighted by Gasteiger charge is 2.39. The Bertz CT molecular complexity index is 412. The lowest BCUT2D eigenvalue weighted by molar-refractivity contribution is -0.161. The minimum atomic E-state index is -0.575. The van der Waals surface area contributed by atoms with Crippen LogP contribution in [0.5, 0.6) is 0 Å². The fraction of sp³-hybridized carbons (Fsp3) is 0.842. The normalized spacial score (nSPS) is 30.0. The maximum Gasteiger partial charge on any atom is 0.307 e. The molecule has 24 heavy (non-hydrogen) atoms. The Morgan fingerprint density at radius 2 is 2.12 bits per heavy atom. The van der Waals surface area contributed by atoms with Gasteiger partial charge < -0.3 is 14.6 Å². The van der Waals surface area contributed by atoms with Crippen LogP contribution in [0.15, 0.2) is 12.2 Å². The molecule has 0 radical (unpaired) electrons. The molecule has 1 rings (SSSR count). The summed E-state index contributed by atoms with van der Waals surface area (Å²) in [7, 11) is 1.69. The number of carbonyl (C=O) groups excluding carboxylic acids is 1. The minimum Gasteiger partial charge on any atom is -0.462 e. The summed E-state index contributed by atoms with van der Waals surface area (Å²) in [4.78, 5) is 11.7. The van der Waals surface area contributed by atoms with Crippen LogP contribution in [-0.4, -0.2) is 41.7 Å². The maximum absolute atomic E-state index is 11.7. The largest absolute Gasteiger partial charge is 0.462 e. The summed E-state index contributed by atoms with van der Waals surface area (Å²) in [6.07, 6.45) is 5.88. The molecule has 0 saturated carbocycles. The quantitative estimate of drug-likeness (QED) is 0.375. The summed E-state index contributed by atoms with van der Waals surface area (Å²) in [5, 5.41) is 10.7. The molecule has 4 nitrogen and oxygen atoms in total. The number of ether oxygens (including phenoxy) is 2. The van der Waals surface area contributed by atoms with Gasteiger partial charge in [0.1, 0.15) is 6.10 Å². The molecule has 1 aliphatic heterocycles. The number of aliphatic hydroxyl groups excluding tert-OH is 1. The highest BCUT2D eigenvalue weighted by atomic mass is 32.1. The average molecular weight is 359 g/mol. The lowest BCUT2D eigenvalue weighted by atomic mass is 9.82. The van der Waals surface area contributed by atoms with Gasteiger partial charge >= 0.3 is 5.97 Å². The number of aliphatic hydroxyl groups is 1. The lowest BCUT2D eigenvalue weighted by Gasteiger charge is -2.38. The Morgan fingerprint density at radius 3 is 2.67 bits per heavy atom. The van der Waals surface area contributed by atoms with Crippen LogP contribution in [0.1, 0.15) is 53.4 Å². The van der Waals surface area contributed by atoms with E-state index in [2.05, 4.69) is 32.6 Å². The van der Waals surface area contributed by atoms with Crippen molar-refractivity contribution in [3.63, 3.8) is 0 Å². The molecule has 0 aromatic carbocycles. The second-order valence-electron chi connectivity index (χ2n) is 7.02. The molecule has 7 atom stereocenters. The average Bonchev–Trinajstić information content (AvgIpc) is 2.53. The van der Waals surface area contributed by atoms with Crippen LogP contribution in [0.4, 0.5) is 0 Å². The molecule has 140 valence electrons. The third kappa shape index (κ3) is 5.78. The summed E-state index contributed by atoms with van der Waals surface area (Å²) in [6.45, 7) is 8.22. The minimum absolute atomic E-state index is 0.00981. The lowest BCUT2D eigenvalue weighted by Crippen LogP contribution is -2.44. The van der Waals surface area contributed by atoms with E-state index in [0.29, 0.717) is 18.8 Å². The molecule has 1 N–H and O–H groups in total. The molecule has 1 saturated heterocycles. The van der Waals surface area contributed by atoms with Gasteiger partial charge in [-0.2, -0.15) is 12.6 Å². The van der Waals surface area contributed by atoms with Crippen molar-refractivity contribution in [2.24, 2.45) is 17.8 Å². The van der Waals surface area contributed by atoms with Crippen molar-refractivity contribution in [3.05, 3.63) is 12.2 Å². The van der Waals surface area contributed by atoms with Gasteiger partial charge in [-0.1, -0.05) is 32.9 Å². The standard InChI is InChI=1S/C19H34O4S/c1-6-8-9-12(3)19(22-5)13(4)15(20)10-16-14(7-2)17(24)11-18(21)23-16/h6,8,12-17,19-20,24H,7,9-11H2,1-5H3/b8-6+/t12-,13-,14-,15+,16+,17-,19+/m0/s1. The van der Waals surface area contributed by atoms with Gasteiger partial charge in [-0.25, -0.2) is 0 Å². The van der Waals surface area contributed by atoms with E-state index in [0.717, 1.165) is 12.8 Å². The van der Waals surface area contributed by atoms with Gasteiger partial charge in [0.15, 0.2) is 0 Å². The molecule has 0 unspecified atom stereocenters. The highest BCUT2D eigenvalue weighted by Crippen LogP contribution is 2.33. The van der Waals surface area contributed by atoms with Crippen molar-refractivity contribution in [2.75, 3.05) is 7.11 Å². The first-order valence-electron chi connectivity index (χ1n) is 9.05. The van der Waals surface area contributed by atoms with E-state index in [9.17, 15) is 9.90 Å². The summed E-state index contributed by atoms with van der Waals surface area (Å²) in [5.41, 5.74) is 0. The van der Waals surface area contributed by atoms with Crippen molar-refractivity contribution in [1.82, 2.24) is 0 Å². The van der Waals surface area contributed by atoms with E-state index in [1.807, 2.05) is 19.9 Å². The van der Waals surface area contributed by atoms with Gasteiger partial charge in [-0.15, -0.1) is 0 Å². The molecule has 0 aromatic rings. The molecule has 0 aromatic heterocycles. The second kappa shape index (κ2) is 10.5. The first-order valence-corrected chi connectivity index (χ1v) is 9.56. The summed E-state index contributed by atoms with van der Waals surface area (Å²) in [6, 6.07) is 0. The van der Waals surface area contributed by atoms with Crippen LogP contribution in [0.25, 0.3) is 0 Å². The molecule has 0 bridgehead atoms. The SMILES string of the molecule is C/C=C/C[C@H](C)[C@@H](OC)[C@@H](C)[C@H](O)C[C@H]1OC(=O)C[C@H](S)[C@H]1CC. The molecule has 0 amide bonds. The number of hydrogen-bond acceptors (Lipinski definition) is 5. The van der Waals surface area contributed by atoms with Crippen molar-refractivity contribution in [2.45, 2.75) is 76.9 Å². The first-order chi connectivity index (χ1) is 11.3. The number of hydrogen-bond donors (Lipinski definition) is 2. The number of carbonyl (C=O) groups is 1. The first kappa shape index (κ1) is 21.5. The van der Waals surface area contributed by atoms with Crippen molar-refractivity contribution < 1.29 is 19.4 Å². The number of esters is 1. The van der Waals surface area contributed by atoms with E-state index in [4.69, 9.17) is 9.47 Å². The van der Waals surface area contributed by atoms with Crippen LogP contribution in [-0.2, 0) is 14.3 Å². The van der Waals surface area contributed by atoms with Crippen molar-refractivity contribution >= 4 is 18.6 Å². The Kier molecular flexibility index (Phi) is 9.39. The van der Waals surface area contributed by atoms with Gasteiger partial charge in [0.05, 0.1) is 18.6 Å². The zero-order chi connectivity index (χ0) is 18.3. The number of thiol groups is 1. The maximum atomic E-state index is 11.7. The van der Waals surface area contributed by atoms with E-state index < -0.39 is 6.10 Å².